The second-order valence-corrected chi connectivity index (χ2v) is 8.52. The van der Waals surface area contributed by atoms with Crippen molar-refractivity contribution in [1.82, 2.24) is 14.9 Å². The Morgan fingerprint density at radius 2 is 1.85 bits per heavy atom. The highest BCUT2D eigenvalue weighted by molar-refractivity contribution is 14.0. The van der Waals surface area contributed by atoms with E-state index in [4.69, 9.17) is 4.74 Å². The summed E-state index contributed by atoms with van der Waals surface area (Å²) in [6, 6.07) is 3.58. The average molecular weight is 518 g/mol. The molecule has 152 valence electrons. The monoisotopic (exact) mass is 518 g/mol. The lowest BCUT2D eigenvalue weighted by atomic mass is 10.3. The first-order valence-corrected chi connectivity index (χ1v) is 10.9. The Hall–Kier alpha value is -0.430. The standard InChI is InChI=1S/C16H30N4O3S2.HI/c1-5-20(6-2)25(21,22)15-9-8-14(24-15)10-11-18-16(17-4)19-12-13-23-7-3;/h8-9H,5-7,10-13H2,1-4H3,(H2,17,18,19);1H. The van der Waals surface area contributed by atoms with Gasteiger partial charge in [-0.25, -0.2) is 8.42 Å². The molecule has 1 rings (SSSR count). The molecule has 1 aromatic heterocycles. The fraction of sp³-hybridized carbons (Fsp3) is 0.688. The minimum absolute atomic E-state index is 0. The van der Waals surface area contributed by atoms with E-state index in [-0.39, 0.29) is 24.0 Å². The third-order valence-electron chi connectivity index (χ3n) is 3.57. The van der Waals surface area contributed by atoms with Gasteiger partial charge in [-0.1, -0.05) is 13.8 Å². The number of aliphatic imine (C=N–C) groups is 1. The molecule has 0 aliphatic rings. The molecule has 0 aromatic carbocycles. The lowest BCUT2D eigenvalue weighted by molar-refractivity contribution is 0.152. The molecule has 0 fully saturated rings. The molecule has 0 spiro atoms. The zero-order valence-corrected chi connectivity index (χ0v) is 19.9. The number of halogens is 1. The van der Waals surface area contributed by atoms with Crippen LogP contribution in [0.1, 0.15) is 25.6 Å². The molecule has 0 atom stereocenters. The van der Waals surface area contributed by atoms with E-state index in [1.807, 2.05) is 26.8 Å². The van der Waals surface area contributed by atoms with Crippen molar-refractivity contribution >= 4 is 51.3 Å². The molecule has 0 aliphatic heterocycles. The number of hydrogen-bond acceptors (Lipinski definition) is 5. The van der Waals surface area contributed by atoms with E-state index in [1.54, 1.807) is 13.1 Å². The molecule has 0 saturated heterocycles. The number of nitrogens with zero attached hydrogens (tertiary/aromatic N) is 2. The topological polar surface area (TPSA) is 83.0 Å². The lowest BCUT2D eigenvalue weighted by Gasteiger charge is -2.16. The highest BCUT2D eigenvalue weighted by atomic mass is 127. The molecule has 0 aliphatic carbocycles. The number of ether oxygens (including phenoxy) is 1. The molecule has 2 N–H and O–H groups in total. The number of sulfonamides is 1. The quantitative estimate of drug-likeness (QED) is 0.203. The van der Waals surface area contributed by atoms with Crippen LogP contribution < -0.4 is 10.6 Å². The van der Waals surface area contributed by atoms with Gasteiger partial charge in [-0.05, 0) is 25.5 Å². The molecule has 7 nitrogen and oxygen atoms in total. The maximum Gasteiger partial charge on any atom is 0.252 e. The summed E-state index contributed by atoms with van der Waals surface area (Å²) in [7, 11) is -1.64. The van der Waals surface area contributed by atoms with E-state index in [2.05, 4.69) is 15.6 Å². The predicted molar refractivity (Wildman–Crippen MR) is 119 cm³/mol. The summed E-state index contributed by atoms with van der Waals surface area (Å²) in [5.74, 6) is 0.715. The summed E-state index contributed by atoms with van der Waals surface area (Å²) in [6.07, 6.45) is 0.741. The Kier molecular flexibility index (Phi) is 13.5. The lowest BCUT2D eigenvalue weighted by Crippen LogP contribution is -2.39. The van der Waals surface area contributed by atoms with Crippen molar-refractivity contribution in [2.24, 2.45) is 4.99 Å². The van der Waals surface area contributed by atoms with E-state index in [0.717, 1.165) is 11.3 Å². The van der Waals surface area contributed by atoms with Crippen LogP contribution >= 0.6 is 35.3 Å². The molecule has 26 heavy (non-hydrogen) atoms. The summed E-state index contributed by atoms with van der Waals surface area (Å²) >= 11 is 1.33. The van der Waals surface area contributed by atoms with Crippen molar-refractivity contribution in [1.29, 1.82) is 0 Å². The largest absolute Gasteiger partial charge is 0.380 e. The second kappa shape index (κ2) is 13.7. The number of rotatable bonds is 11. The van der Waals surface area contributed by atoms with Crippen LogP contribution in [0.3, 0.4) is 0 Å². The van der Waals surface area contributed by atoms with Gasteiger partial charge in [0.25, 0.3) is 10.0 Å². The van der Waals surface area contributed by atoms with Gasteiger partial charge in [0.1, 0.15) is 4.21 Å². The third kappa shape index (κ3) is 8.07. The van der Waals surface area contributed by atoms with Gasteiger partial charge in [0.05, 0.1) is 6.61 Å². The molecule has 0 amide bonds. The van der Waals surface area contributed by atoms with Crippen LogP contribution in [0.5, 0.6) is 0 Å². The Morgan fingerprint density at radius 1 is 1.19 bits per heavy atom. The van der Waals surface area contributed by atoms with E-state index < -0.39 is 10.0 Å². The van der Waals surface area contributed by atoms with Gasteiger partial charge in [-0.2, -0.15) is 4.31 Å². The molecule has 10 heteroatoms. The van der Waals surface area contributed by atoms with Gasteiger partial charge < -0.3 is 15.4 Å². The number of thiophene rings is 1. The Labute approximate surface area is 178 Å². The van der Waals surface area contributed by atoms with Crippen LogP contribution in [0, 0.1) is 0 Å². The van der Waals surface area contributed by atoms with E-state index in [1.165, 1.54) is 15.6 Å². The minimum atomic E-state index is -3.36. The van der Waals surface area contributed by atoms with Crippen molar-refractivity contribution in [3.63, 3.8) is 0 Å². The fourth-order valence-corrected chi connectivity index (χ4v) is 5.20. The molecule has 1 aromatic rings. The zero-order valence-electron chi connectivity index (χ0n) is 15.9. The van der Waals surface area contributed by atoms with E-state index >= 15 is 0 Å². The summed E-state index contributed by atoms with van der Waals surface area (Å²) < 4.78 is 32.1. The van der Waals surface area contributed by atoms with Crippen molar-refractivity contribution in [2.45, 2.75) is 31.4 Å². The van der Waals surface area contributed by atoms with Crippen LogP contribution in [0.15, 0.2) is 21.3 Å². The number of hydrogen-bond donors (Lipinski definition) is 2. The molecule has 1 heterocycles. The fourth-order valence-electron chi connectivity index (χ4n) is 2.23. The Bertz CT molecular complexity index is 631. The van der Waals surface area contributed by atoms with Crippen LogP contribution in [-0.2, 0) is 21.2 Å². The van der Waals surface area contributed by atoms with Gasteiger partial charge in [-0.15, -0.1) is 35.3 Å². The first kappa shape index (κ1) is 25.6. The first-order chi connectivity index (χ1) is 12.0. The van der Waals surface area contributed by atoms with Gasteiger partial charge >= 0.3 is 0 Å². The van der Waals surface area contributed by atoms with Gasteiger partial charge in [0.2, 0.25) is 0 Å². The molecular formula is C16H31IN4O3S2. The predicted octanol–water partition coefficient (Wildman–Crippen LogP) is 2.14. The summed E-state index contributed by atoms with van der Waals surface area (Å²) in [5.41, 5.74) is 0. The highest BCUT2D eigenvalue weighted by Crippen LogP contribution is 2.25. The third-order valence-corrected chi connectivity index (χ3v) is 7.23. The number of guanidine groups is 1. The van der Waals surface area contributed by atoms with Crippen LogP contribution in [0.25, 0.3) is 0 Å². The van der Waals surface area contributed by atoms with E-state index in [0.29, 0.717) is 49.6 Å². The van der Waals surface area contributed by atoms with Gasteiger partial charge in [0, 0.05) is 44.7 Å². The maximum absolute atomic E-state index is 12.5. The maximum atomic E-state index is 12.5. The van der Waals surface area contributed by atoms with E-state index in [9.17, 15) is 8.42 Å². The first-order valence-electron chi connectivity index (χ1n) is 8.60. The minimum Gasteiger partial charge on any atom is -0.380 e. The van der Waals surface area contributed by atoms with Crippen molar-refractivity contribution < 1.29 is 13.2 Å². The molecule has 0 saturated carbocycles. The van der Waals surface area contributed by atoms with Gasteiger partial charge in [0.15, 0.2) is 5.96 Å². The molecule has 0 bridgehead atoms. The molecular weight excluding hydrogens is 487 g/mol. The summed E-state index contributed by atoms with van der Waals surface area (Å²) in [5, 5.41) is 6.38. The molecule has 0 unspecified atom stereocenters. The Balaban J connectivity index is 0.00000625. The van der Waals surface area contributed by atoms with Gasteiger partial charge in [-0.3, -0.25) is 4.99 Å². The van der Waals surface area contributed by atoms with Crippen molar-refractivity contribution in [3.05, 3.63) is 17.0 Å². The zero-order chi connectivity index (χ0) is 18.7. The van der Waals surface area contributed by atoms with Crippen molar-refractivity contribution in [3.8, 4) is 0 Å². The SMILES string of the molecule is CCOCCNC(=NC)NCCc1ccc(S(=O)(=O)N(CC)CC)s1.I. The Morgan fingerprint density at radius 3 is 2.42 bits per heavy atom. The molecule has 0 radical (unpaired) electrons. The second-order valence-electron chi connectivity index (χ2n) is 5.18. The van der Waals surface area contributed by atoms with Crippen LogP contribution in [-0.4, -0.2) is 65.1 Å². The van der Waals surface area contributed by atoms with Crippen molar-refractivity contribution in [2.75, 3.05) is 46.4 Å². The number of nitrogens with one attached hydrogen (secondary N) is 2. The normalized spacial score (nSPS) is 12.1. The summed E-state index contributed by atoms with van der Waals surface area (Å²) in [4.78, 5) is 5.18. The summed E-state index contributed by atoms with van der Waals surface area (Å²) in [6.45, 7) is 9.34. The smallest absolute Gasteiger partial charge is 0.252 e. The highest BCUT2D eigenvalue weighted by Gasteiger charge is 2.23. The van der Waals surface area contributed by atoms with Crippen LogP contribution in [0.2, 0.25) is 0 Å². The van der Waals surface area contributed by atoms with Crippen LogP contribution in [0.4, 0.5) is 0 Å². The average Bonchev–Trinajstić information content (AvgIpc) is 3.07.